The molecule has 0 unspecified atom stereocenters. The van der Waals surface area contributed by atoms with Gasteiger partial charge in [0.25, 0.3) is 15.8 Å². The van der Waals surface area contributed by atoms with Gasteiger partial charge in [-0.05, 0) is 12.8 Å². The number of halogens is 3. The number of nitrogens with zero attached hydrogens (tertiary/aromatic N) is 8. The summed E-state index contributed by atoms with van der Waals surface area (Å²) >= 11 is 0. The fraction of sp³-hybridized carbons (Fsp3) is 0.700. The van der Waals surface area contributed by atoms with E-state index in [1.54, 1.807) is 4.90 Å². The standard InChI is InChI=1S/C20H26F3N9O3S/c1-28-15(36(24,34)35)13(4-26-28)5-29-6-19(7-29)10-31(11-19)17(33)30-8-18(9-30)2-14(3-18)32-12-25-16(27-32)20(21,22)23/h4,12,14H,2-3,5-11H2,1H3,(H2,24,34,35). The van der Waals surface area contributed by atoms with E-state index in [1.807, 2.05) is 4.90 Å². The van der Waals surface area contributed by atoms with Crippen molar-refractivity contribution in [3.63, 3.8) is 0 Å². The van der Waals surface area contributed by atoms with E-state index in [0.717, 1.165) is 19.4 Å². The van der Waals surface area contributed by atoms with Crippen molar-refractivity contribution in [1.82, 2.24) is 39.2 Å². The first-order valence-corrected chi connectivity index (χ1v) is 13.1. The van der Waals surface area contributed by atoms with Gasteiger partial charge < -0.3 is 9.80 Å². The van der Waals surface area contributed by atoms with Gasteiger partial charge in [0, 0.05) is 69.3 Å². The molecule has 6 rings (SSSR count). The molecule has 0 bridgehead atoms. The molecule has 2 spiro atoms. The van der Waals surface area contributed by atoms with E-state index in [1.165, 1.54) is 22.6 Å². The van der Waals surface area contributed by atoms with Gasteiger partial charge in [-0.25, -0.2) is 28.0 Å². The van der Waals surface area contributed by atoms with Gasteiger partial charge >= 0.3 is 12.2 Å². The molecular weight excluding hydrogens is 503 g/mol. The molecule has 1 saturated carbocycles. The molecule has 0 radical (unpaired) electrons. The van der Waals surface area contributed by atoms with Crippen LogP contribution in [0.15, 0.2) is 17.6 Å². The van der Waals surface area contributed by atoms with Crippen LogP contribution < -0.4 is 5.14 Å². The van der Waals surface area contributed by atoms with Gasteiger partial charge in [0.1, 0.15) is 6.33 Å². The third-order valence-electron chi connectivity index (χ3n) is 7.86. The lowest BCUT2D eigenvalue weighted by Gasteiger charge is -2.63. The van der Waals surface area contributed by atoms with Crippen molar-refractivity contribution in [2.75, 3.05) is 39.3 Å². The number of aryl methyl sites for hydroxylation is 1. The molecule has 2 N–H and O–H groups in total. The molecule has 5 heterocycles. The van der Waals surface area contributed by atoms with E-state index in [0.29, 0.717) is 51.1 Å². The maximum atomic E-state index is 12.9. The number of nitrogens with two attached hydrogens (primary N) is 1. The largest absolute Gasteiger partial charge is 0.453 e. The van der Waals surface area contributed by atoms with Crippen molar-refractivity contribution in [3.05, 3.63) is 23.9 Å². The highest BCUT2D eigenvalue weighted by Gasteiger charge is 2.58. The Balaban J connectivity index is 0.950. The lowest BCUT2D eigenvalue weighted by Crippen LogP contribution is -2.75. The highest BCUT2D eigenvalue weighted by atomic mass is 32.2. The second-order valence-electron chi connectivity index (χ2n) is 10.9. The van der Waals surface area contributed by atoms with Crippen molar-refractivity contribution in [2.45, 2.75) is 36.6 Å². The van der Waals surface area contributed by atoms with Crippen molar-refractivity contribution >= 4 is 16.1 Å². The number of sulfonamides is 1. The number of primary sulfonamides is 1. The number of carbonyl (C=O) groups excluding carboxylic acids is 1. The quantitative estimate of drug-likeness (QED) is 0.600. The highest BCUT2D eigenvalue weighted by molar-refractivity contribution is 7.89. The van der Waals surface area contributed by atoms with Crippen molar-refractivity contribution in [2.24, 2.45) is 23.0 Å². The van der Waals surface area contributed by atoms with Crippen LogP contribution in [0.5, 0.6) is 0 Å². The van der Waals surface area contributed by atoms with E-state index in [9.17, 15) is 26.4 Å². The number of amides is 2. The molecule has 0 atom stereocenters. The molecule has 4 aliphatic rings. The fourth-order valence-electron chi connectivity index (χ4n) is 6.37. The van der Waals surface area contributed by atoms with Crippen molar-refractivity contribution < 1.29 is 26.4 Å². The zero-order valence-electron chi connectivity index (χ0n) is 19.5. The second-order valence-corrected chi connectivity index (χ2v) is 12.4. The minimum atomic E-state index is -4.55. The van der Waals surface area contributed by atoms with E-state index >= 15 is 0 Å². The van der Waals surface area contributed by atoms with Crippen LogP contribution in [-0.4, -0.2) is 93.0 Å². The lowest BCUT2D eigenvalue weighted by molar-refractivity contribution is -0.145. The molecule has 4 fully saturated rings. The predicted molar refractivity (Wildman–Crippen MR) is 117 cm³/mol. The van der Waals surface area contributed by atoms with Crippen LogP contribution in [0.2, 0.25) is 0 Å². The summed E-state index contributed by atoms with van der Waals surface area (Å²) in [5.41, 5.74) is 0.561. The molecule has 16 heteroatoms. The molecule has 196 valence electrons. The Morgan fingerprint density at radius 3 is 2.28 bits per heavy atom. The Hall–Kier alpha value is -2.72. The zero-order valence-corrected chi connectivity index (χ0v) is 20.3. The SMILES string of the molecule is Cn1ncc(CN2CC3(C2)CN(C(=O)N2CC4(CC(n5cnc(C(F)(F)F)n5)C4)C2)C3)c1S(N)(=O)=O. The fourth-order valence-corrected chi connectivity index (χ4v) is 7.26. The van der Waals surface area contributed by atoms with Gasteiger partial charge in [0.05, 0.1) is 12.2 Å². The third kappa shape index (κ3) is 3.76. The van der Waals surface area contributed by atoms with Crippen LogP contribution in [0, 0.1) is 10.8 Å². The molecule has 12 nitrogen and oxygen atoms in total. The Bertz CT molecular complexity index is 1310. The number of urea groups is 1. The van der Waals surface area contributed by atoms with Gasteiger partial charge in [-0.3, -0.25) is 9.58 Å². The average molecular weight is 530 g/mol. The molecule has 3 saturated heterocycles. The summed E-state index contributed by atoms with van der Waals surface area (Å²) in [5.74, 6) is -1.12. The topological polar surface area (TPSA) is 135 Å². The third-order valence-corrected chi connectivity index (χ3v) is 8.92. The molecule has 2 aromatic rings. The van der Waals surface area contributed by atoms with Crippen LogP contribution in [0.1, 0.15) is 30.3 Å². The number of aromatic nitrogens is 5. The average Bonchev–Trinajstić information content (AvgIpc) is 3.26. The summed E-state index contributed by atoms with van der Waals surface area (Å²) in [6.07, 6.45) is -0.529. The Kier molecular flexibility index (Phi) is 4.87. The maximum Gasteiger partial charge on any atom is 0.453 e. The van der Waals surface area contributed by atoms with E-state index in [2.05, 4.69) is 20.1 Å². The minimum absolute atomic E-state index is 0.00275. The van der Waals surface area contributed by atoms with Crippen LogP contribution in [0.3, 0.4) is 0 Å². The summed E-state index contributed by atoms with van der Waals surface area (Å²) in [4.78, 5) is 22.0. The summed E-state index contributed by atoms with van der Waals surface area (Å²) in [5, 5.41) is 12.9. The molecule has 1 aliphatic carbocycles. The number of alkyl halides is 3. The van der Waals surface area contributed by atoms with Crippen molar-refractivity contribution in [1.29, 1.82) is 0 Å². The monoisotopic (exact) mass is 529 g/mol. The van der Waals surface area contributed by atoms with Crippen LogP contribution >= 0.6 is 0 Å². The highest BCUT2D eigenvalue weighted by Crippen LogP contribution is 2.54. The Morgan fingerprint density at radius 1 is 1.11 bits per heavy atom. The van der Waals surface area contributed by atoms with Gasteiger partial charge in [0.15, 0.2) is 5.03 Å². The van der Waals surface area contributed by atoms with E-state index in [-0.39, 0.29) is 27.9 Å². The summed E-state index contributed by atoms with van der Waals surface area (Å²) < 4.78 is 64.4. The zero-order chi connectivity index (χ0) is 25.7. The minimum Gasteiger partial charge on any atom is -0.323 e. The van der Waals surface area contributed by atoms with Crippen LogP contribution in [0.4, 0.5) is 18.0 Å². The Labute approximate surface area is 204 Å². The van der Waals surface area contributed by atoms with Gasteiger partial charge in [-0.1, -0.05) is 0 Å². The summed E-state index contributed by atoms with van der Waals surface area (Å²) in [7, 11) is -2.33. The number of likely N-dealkylation sites (tertiary alicyclic amines) is 3. The van der Waals surface area contributed by atoms with Gasteiger partial charge in [0.2, 0.25) is 0 Å². The summed E-state index contributed by atoms with van der Waals surface area (Å²) in [6, 6.07) is -0.120. The normalized spacial score (nSPS) is 23.4. The molecular formula is C20H26F3N9O3S. The molecule has 2 aromatic heterocycles. The number of hydrogen-bond donors (Lipinski definition) is 1. The smallest absolute Gasteiger partial charge is 0.323 e. The first kappa shape index (κ1) is 23.7. The van der Waals surface area contributed by atoms with Crippen molar-refractivity contribution in [3.8, 4) is 0 Å². The van der Waals surface area contributed by atoms with Gasteiger partial charge in [-0.2, -0.15) is 18.3 Å². The first-order chi connectivity index (χ1) is 16.8. The number of carbonyl (C=O) groups is 1. The molecule has 36 heavy (non-hydrogen) atoms. The number of rotatable bonds is 4. The lowest BCUT2D eigenvalue weighted by atomic mass is 9.60. The molecule has 2 amide bonds. The maximum absolute atomic E-state index is 12.9. The Morgan fingerprint density at radius 2 is 1.72 bits per heavy atom. The predicted octanol–water partition coefficient (Wildman–Crippen LogP) is 0.253. The van der Waals surface area contributed by atoms with Gasteiger partial charge in [-0.15, -0.1) is 5.10 Å². The van der Waals surface area contributed by atoms with Crippen LogP contribution in [-0.2, 0) is 29.8 Å². The van der Waals surface area contributed by atoms with Crippen LogP contribution in [0.25, 0.3) is 0 Å². The van der Waals surface area contributed by atoms with E-state index < -0.39 is 22.0 Å². The number of hydrogen-bond acceptors (Lipinski definition) is 7. The summed E-state index contributed by atoms with van der Waals surface area (Å²) in [6.45, 7) is 4.48. The molecule has 3 aliphatic heterocycles. The first-order valence-electron chi connectivity index (χ1n) is 11.5. The van der Waals surface area contributed by atoms with E-state index in [4.69, 9.17) is 5.14 Å². The molecule has 0 aromatic carbocycles. The second kappa shape index (κ2) is 7.41.